The highest BCUT2D eigenvalue weighted by atomic mass is 79.9. The number of methoxy groups -OCH3 is 2. The normalized spacial score (nSPS) is 13.2. The molecule has 0 saturated carbocycles. The van der Waals surface area contributed by atoms with E-state index < -0.39 is 17.9 Å². The molecule has 7 heteroatoms. The third kappa shape index (κ3) is 4.10. The highest BCUT2D eigenvalue weighted by Crippen LogP contribution is 2.36. The van der Waals surface area contributed by atoms with Gasteiger partial charge in [-0.15, -0.1) is 0 Å². The van der Waals surface area contributed by atoms with Crippen molar-refractivity contribution in [1.29, 1.82) is 0 Å². The summed E-state index contributed by atoms with van der Waals surface area (Å²) < 4.78 is 10.9. The van der Waals surface area contributed by atoms with Crippen molar-refractivity contribution in [2.24, 2.45) is 5.92 Å². The van der Waals surface area contributed by atoms with Crippen LogP contribution in [0.4, 0.5) is 0 Å². The Morgan fingerprint density at radius 3 is 2.33 bits per heavy atom. The molecule has 1 rings (SSSR count). The summed E-state index contributed by atoms with van der Waals surface area (Å²) in [6, 6.07) is 2.63. The fourth-order valence-corrected chi connectivity index (χ4v) is 2.28. The van der Waals surface area contributed by atoms with Gasteiger partial charge in [0.1, 0.15) is 0 Å². The van der Waals surface area contributed by atoms with E-state index in [4.69, 9.17) is 14.6 Å². The van der Waals surface area contributed by atoms with Crippen molar-refractivity contribution in [1.82, 2.24) is 5.32 Å². The first-order chi connectivity index (χ1) is 9.81. The Kier molecular flexibility index (Phi) is 6.02. The minimum Gasteiger partial charge on any atom is -0.493 e. The average molecular weight is 360 g/mol. The van der Waals surface area contributed by atoms with E-state index in [1.807, 2.05) is 0 Å². The minimum atomic E-state index is -0.962. The summed E-state index contributed by atoms with van der Waals surface area (Å²) in [6.07, 6.45) is 0. The third-order valence-electron chi connectivity index (χ3n) is 3.19. The summed E-state index contributed by atoms with van der Waals surface area (Å²) in [5.74, 6) is -1.12. The molecule has 0 aliphatic carbocycles. The first-order valence-electron chi connectivity index (χ1n) is 6.27. The molecule has 1 amide bonds. The molecule has 0 heterocycles. The zero-order valence-corrected chi connectivity index (χ0v) is 13.9. The van der Waals surface area contributed by atoms with Gasteiger partial charge in [-0.05, 0) is 41.9 Å². The quantitative estimate of drug-likeness (QED) is 0.813. The predicted octanol–water partition coefficient (Wildman–Crippen LogP) is 2.31. The van der Waals surface area contributed by atoms with E-state index in [9.17, 15) is 9.59 Å². The second-order valence-electron chi connectivity index (χ2n) is 4.58. The first kappa shape index (κ1) is 17.3. The molecule has 1 aromatic rings. The smallest absolute Gasteiger partial charge is 0.308 e. The highest BCUT2D eigenvalue weighted by molar-refractivity contribution is 9.10. The number of carboxylic acids is 1. The molecular formula is C14H18BrNO5. The lowest BCUT2D eigenvalue weighted by Crippen LogP contribution is -2.40. The summed E-state index contributed by atoms with van der Waals surface area (Å²) in [4.78, 5) is 23.1. The number of carbonyl (C=O) groups is 2. The van der Waals surface area contributed by atoms with E-state index in [2.05, 4.69) is 21.2 Å². The fourth-order valence-electron chi connectivity index (χ4n) is 1.68. The molecule has 0 radical (unpaired) electrons. The molecule has 2 N–H and O–H groups in total. The van der Waals surface area contributed by atoms with Crippen LogP contribution in [-0.4, -0.2) is 37.2 Å². The van der Waals surface area contributed by atoms with Crippen molar-refractivity contribution in [2.75, 3.05) is 14.2 Å². The van der Waals surface area contributed by atoms with Crippen molar-refractivity contribution in [3.05, 3.63) is 22.2 Å². The lowest BCUT2D eigenvalue weighted by molar-refractivity contribution is -0.141. The van der Waals surface area contributed by atoms with Gasteiger partial charge in [0.05, 0.1) is 24.6 Å². The van der Waals surface area contributed by atoms with E-state index in [0.717, 1.165) is 0 Å². The lowest BCUT2D eigenvalue weighted by atomic mass is 10.0. The van der Waals surface area contributed by atoms with Gasteiger partial charge in [-0.1, -0.05) is 0 Å². The molecule has 116 valence electrons. The molecule has 6 nitrogen and oxygen atoms in total. The number of nitrogens with one attached hydrogen (secondary N) is 1. The Hall–Kier alpha value is -1.76. The standard InChI is InChI=1S/C14H18BrNO5/c1-7(14(18)19)8(2)16-13(17)9-5-10(15)12(21-4)11(6-9)20-3/h5-8H,1-4H3,(H,16,17)(H,18,19). The molecule has 0 spiro atoms. The van der Waals surface area contributed by atoms with Crippen molar-refractivity contribution in [3.63, 3.8) is 0 Å². The largest absolute Gasteiger partial charge is 0.493 e. The van der Waals surface area contributed by atoms with Crippen molar-refractivity contribution < 1.29 is 24.2 Å². The first-order valence-corrected chi connectivity index (χ1v) is 7.06. The van der Waals surface area contributed by atoms with E-state index in [1.165, 1.54) is 27.2 Å². The number of aliphatic carboxylic acids is 1. The number of benzene rings is 1. The van der Waals surface area contributed by atoms with E-state index in [0.29, 0.717) is 21.5 Å². The SMILES string of the molecule is COc1cc(C(=O)NC(C)C(C)C(=O)O)cc(Br)c1OC. The van der Waals surface area contributed by atoms with Gasteiger partial charge in [0.25, 0.3) is 5.91 Å². The molecule has 2 unspecified atom stereocenters. The van der Waals surface area contributed by atoms with Crippen LogP contribution >= 0.6 is 15.9 Å². The van der Waals surface area contributed by atoms with Gasteiger partial charge in [-0.25, -0.2) is 0 Å². The van der Waals surface area contributed by atoms with Gasteiger partial charge < -0.3 is 19.9 Å². The van der Waals surface area contributed by atoms with Crippen LogP contribution in [0.2, 0.25) is 0 Å². The Morgan fingerprint density at radius 1 is 1.24 bits per heavy atom. The zero-order valence-electron chi connectivity index (χ0n) is 12.3. The number of hydrogen-bond donors (Lipinski definition) is 2. The van der Waals surface area contributed by atoms with Crippen molar-refractivity contribution >= 4 is 27.8 Å². The van der Waals surface area contributed by atoms with E-state index >= 15 is 0 Å². The van der Waals surface area contributed by atoms with Crippen LogP contribution in [0.15, 0.2) is 16.6 Å². The van der Waals surface area contributed by atoms with Crippen LogP contribution in [0.25, 0.3) is 0 Å². The molecular weight excluding hydrogens is 342 g/mol. The number of ether oxygens (including phenoxy) is 2. The number of halogens is 1. The second-order valence-corrected chi connectivity index (χ2v) is 5.44. The van der Waals surface area contributed by atoms with Crippen LogP contribution in [0.3, 0.4) is 0 Å². The van der Waals surface area contributed by atoms with Crippen molar-refractivity contribution in [3.8, 4) is 11.5 Å². The van der Waals surface area contributed by atoms with Crippen LogP contribution < -0.4 is 14.8 Å². The predicted molar refractivity (Wildman–Crippen MR) is 81.0 cm³/mol. The highest BCUT2D eigenvalue weighted by Gasteiger charge is 2.22. The summed E-state index contributed by atoms with van der Waals surface area (Å²) in [5, 5.41) is 11.6. The van der Waals surface area contributed by atoms with Crippen LogP contribution in [0.5, 0.6) is 11.5 Å². The molecule has 0 aromatic heterocycles. The Balaban J connectivity index is 2.98. The molecule has 2 atom stereocenters. The summed E-state index contributed by atoms with van der Waals surface area (Å²) in [6.45, 7) is 3.18. The van der Waals surface area contributed by atoms with Gasteiger partial charge in [0.15, 0.2) is 11.5 Å². The number of rotatable bonds is 6. The topological polar surface area (TPSA) is 84.9 Å². The lowest BCUT2D eigenvalue weighted by Gasteiger charge is -2.18. The van der Waals surface area contributed by atoms with Gasteiger partial charge in [-0.2, -0.15) is 0 Å². The maximum Gasteiger partial charge on any atom is 0.308 e. The third-order valence-corrected chi connectivity index (χ3v) is 3.78. The number of hydrogen-bond acceptors (Lipinski definition) is 4. The van der Waals surface area contributed by atoms with Gasteiger partial charge >= 0.3 is 5.97 Å². The molecule has 1 aromatic carbocycles. The Bertz CT molecular complexity index is 546. The fraction of sp³-hybridized carbons (Fsp3) is 0.429. The van der Waals surface area contributed by atoms with E-state index in [-0.39, 0.29) is 5.91 Å². The summed E-state index contributed by atoms with van der Waals surface area (Å²) in [5.41, 5.74) is 0.351. The van der Waals surface area contributed by atoms with Gasteiger partial charge in [0.2, 0.25) is 0 Å². The molecule has 0 fully saturated rings. The Morgan fingerprint density at radius 2 is 1.86 bits per heavy atom. The van der Waals surface area contributed by atoms with Crippen molar-refractivity contribution in [2.45, 2.75) is 19.9 Å². The Labute approximate surface area is 131 Å². The number of carbonyl (C=O) groups excluding carboxylic acids is 1. The van der Waals surface area contributed by atoms with Crippen LogP contribution in [-0.2, 0) is 4.79 Å². The van der Waals surface area contributed by atoms with Crippen LogP contribution in [0.1, 0.15) is 24.2 Å². The van der Waals surface area contributed by atoms with Crippen LogP contribution in [0, 0.1) is 5.92 Å². The number of amides is 1. The summed E-state index contributed by atoms with van der Waals surface area (Å²) >= 11 is 3.31. The molecule has 0 aliphatic heterocycles. The molecule has 0 saturated heterocycles. The average Bonchev–Trinajstić information content (AvgIpc) is 2.44. The molecule has 0 bridgehead atoms. The van der Waals surface area contributed by atoms with Gasteiger partial charge in [-0.3, -0.25) is 9.59 Å². The number of carboxylic acid groups (broad SMARTS) is 1. The maximum absolute atomic E-state index is 12.2. The maximum atomic E-state index is 12.2. The van der Waals surface area contributed by atoms with Gasteiger partial charge in [0, 0.05) is 11.6 Å². The molecule has 0 aliphatic rings. The zero-order chi connectivity index (χ0) is 16.2. The monoisotopic (exact) mass is 359 g/mol. The minimum absolute atomic E-state index is 0.351. The second kappa shape index (κ2) is 7.31. The molecule has 21 heavy (non-hydrogen) atoms. The summed E-state index contributed by atoms with van der Waals surface area (Å²) in [7, 11) is 2.97. The van der Waals surface area contributed by atoms with E-state index in [1.54, 1.807) is 13.0 Å².